The molecule has 0 saturated carbocycles. The van der Waals surface area contributed by atoms with Crippen molar-refractivity contribution < 1.29 is 0 Å². The minimum Gasteiger partial charge on any atom is -0.328 e. The quantitative estimate of drug-likeness (QED) is 0.634. The average Bonchev–Trinajstić information content (AvgIpc) is 2.88. The fourth-order valence-corrected chi connectivity index (χ4v) is 1.80. The molecule has 0 radical (unpaired) electrons. The van der Waals surface area contributed by atoms with E-state index in [1.807, 2.05) is 25.1 Å². The minimum absolute atomic E-state index is 0.142. The van der Waals surface area contributed by atoms with Crippen molar-refractivity contribution in [1.82, 2.24) is 25.2 Å². The van der Waals surface area contributed by atoms with Crippen molar-refractivity contribution in [1.29, 1.82) is 0 Å². The first-order chi connectivity index (χ1) is 9.33. The summed E-state index contributed by atoms with van der Waals surface area (Å²) in [4.78, 5) is 8.08. The molecule has 2 aromatic heterocycles. The minimum atomic E-state index is -0.142. The van der Waals surface area contributed by atoms with Gasteiger partial charge in [0.2, 0.25) is 5.95 Å². The van der Waals surface area contributed by atoms with Gasteiger partial charge in [0.25, 0.3) is 0 Å². The highest BCUT2D eigenvalue weighted by molar-refractivity contribution is 5.78. The molecule has 2 aromatic rings. The lowest BCUT2D eigenvalue weighted by atomic mass is 10.3. The van der Waals surface area contributed by atoms with Gasteiger partial charge in [-0.3, -0.25) is 10.4 Å². The Morgan fingerprint density at radius 1 is 1.42 bits per heavy atom. The molecule has 7 heteroatoms. The first-order valence-electron chi connectivity index (χ1n) is 5.86. The highest BCUT2D eigenvalue weighted by Gasteiger charge is 2.18. The van der Waals surface area contributed by atoms with Crippen LogP contribution in [-0.2, 0) is 0 Å². The summed E-state index contributed by atoms with van der Waals surface area (Å²) in [6.07, 6.45) is 8.55. The number of hydrogen-bond donors (Lipinski definition) is 2. The number of aromatic nitrogens is 4. The Labute approximate surface area is 110 Å². The molecule has 19 heavy (non-hydrogen) atoms. The van der Waals surface area contributed by atoms with Gasteiger partial charge >= 0.3 is 0 Å². The van der Waals surface area contributed by atoms with E-state index in [1.54, 1.807) is 23.3 Å². The molecule has 1 aliphatic rings. The number of anilines is 1. The molecule has 3 heterocycles. The summed E-state index contributed by atoms with van der Waals surface area (Å²) in [5, 5.41) is 11.5. The van der Waals surface area contributed by atoms with Crippen LogP contribution >= 0.6 is 0 Å². The van der Waals surface area contributed by atoms with Crippen LogP contribution in [0.15, 0.2) is 47.7 Å². The third-order valence-corrected chi connectivity index (χ3v) is 2.68. The number of nitrogens with one attached hydrogen (secondary N) is 2. The Morgan fingerprint density at radius 2 is 2.26 bits per heavy atom. The second kappa shape index (κ2) is 4.89. The number of allylic oxidation sites excluding steroid dienone is 1. The van der Waals surface area contributed by atoms with Crippen molar-refractivity contribution >= 4 is 12.2 Å². The van der Waals surface area contributed by atoms with Crippen LogP contribution in [0.25, 0.3) is 0 Å². The van der Waals surface area contributed by atoms with Gasteiger partial charge in [-0.2, -0.15) is 15.2 Å². The summed E-state index contributed by atoms with van der Waals surface area (Å²) < 4.78 is 1.73. The number of nitrogens with zero attached hydrogens (tertiary/aromatic N) is 5. The molecule has 3 rings (SSSR count). The van der Waals surface area contributed by atoms with Crippen molar-refractivity contribution in [2.75, 3.05) is 5.32 Å². The monoisotopic (exact) mass is 255 g/mol. The van der Waals surface area contributed by atoms with Gasteiger partial charge in [-0.15, -0.1) is 0 Å². The lowest BCUT2D eigenvalue weighted by Crippen LogP contribution is -2.27. The van der Waals surface area contributed by atoms with Gasteiger partial charge in [-0.05, 0) is 30.7 Å². The first-order valence-corrected chi connectivity index (χ1v) is 5.86. The molecule has 96 valence electrons. The normalized spacial score (nSPS) is 17.7. The Balaban J connectivity index is 1.73. The van der Waals surface area contributed by atoms with E-state index in [0.29, 0.717) is 5.95 Å². The van der Waals surface area contributed by atoms with Crippen LogP contribution in [0.1, 0.15) is 18.7 Å². The van der Waals surface area contributed by atoms with Gasteiger partial charge in [-0.25, -0.2) is 4.68 Å². The first kappa shape index (κ1) is 11.4. The largest absolute Gasteiger partial charge is 0.328 e. The van der Waals surface area contributed by atoms with E-state index in [9.17, 15) is 0 Å². The zero-order valence-electron chi connectivity index (χ0n) is 10.4. The van der Waals surface area contributed by atoms with E-state index in [-0.39, 0.29) is 6.17 Å². The van der Waals surface area contributed by atoms with Crippen LogP contribution < -0.4 is 10.7 Å². The molecule has 0 aromatic carbocycles. The number of pyridine rings is 1. The Morgan fingerprint density at radius 3 is 3.11 bits per heavy atom. The zero-order valence-corrected chi connectivity index (χ0v) is 10.4. The van der Waals surface area contributed by atoms with Crippen LogP contribution in [0.4, 0.5) is 5.95 Å². The molecule has 1 unspecified atom stereocenters. The molecule has 0 saturated heterocycles. The third kappa shape index (κ3) is 2.44. The van der Waals surface area contributed by atoms with Gasteiger partial charge in [0.1, 0.15) is 6.33 Å². The third-order valence-electron chi connectivity index (χ3n) is 2.68. The van der Waals surface area contributed by atoms with E-state index >= 15 is 0 Å². The van der Waals surface area contributed by atoms with E-state index in [0.717, 1.165) is 11.3 Å². The Hall–Kier alpha value is -2.70. The maximum Gasteiger partial charge on any atom is 0.227 e. The number of rotatable bonds is 3. The standard InChI is InChI=1S/C12H13N7/c1-9-6-11(19-12(17-9)14-8-16-19)18-15-7-10-2-4-13-5-3-10/h2-8,11,18H,1H3,(H,14,16,17). The second-order valence-electron chi connectivity index (χ2n) is 4.12. The molecule has 7 nitrogen and oxygen atoms in total. The molecule has 1 atom stereocenters. The maximum atomic E-state index is 4.21. The summed E-state index contributed by atoms with van der Waals surface area (Å²) in [6.45, 7) is 1.97. The van der Waals surface area contributed by atoms with Crippen molar-refractivity contribution in [2.45, 2.75) is 13.1 Å². The second-order valence-corrected chi connectivity index (χ2v) is 4.12. The summed E-state index contributed by atoms with van der Waals surface area (Å²) >= 11 is 0. The van der Waals surface area contributed by atoms with E-state index in [1.165, 1.54) is 6.33 Å². The molecule has 0 amide bonds. The van der Waals surface area contributed by atoms with Crippen LogP contribution in [0, 0.1) is 0 Å². The van der Waals surface area contributed by atoms with E-state index in [4.69, 9.17) is 0 Å². The van der Waals surface area contributed by atoms with Crippen molar-refractivity contribution in [3.63, 3.8) is 0 Å². The number of hydrazone groups is 1. The molecule has 0 fully saturated rings. The smallest absolute Gasteiger partial charge is 0.227 e. The molecule has 2 N–H and O–H groups in total. The predicted molar refractivity (Wildman–Crippen MR) is 71.4 cm³/mol. The fraction of sp³-hybridized carbons (Fsp3) is 0.167. The Kier molecular flexibility index (Phi) is 2.93. The van der Waals surface area contributed by atoms with Crippen LogP contribution in [-0.4, -0.2) is 26.0 Å². The molecule has 0 bridgehead atoms. The highest BCUT2D eigenvalue weighted by atomic mass is 15.5. The summed E-state index contributed by atoms with van der Waals surface area (Å²) in [6, 6.07) is 3.77. The SMILES string of the molecule is CC1=CC(NN=Cc2ccncc2)n2ncnc2N1. The van der Waals surface area contributed by atoms with Gasteiger partial charge < -0.3 is 5.32 Å². The summed E-state index contributed by atoms with van der Waals surface area (Å²) in [5.74, 6) is 0.705. The van der Waals surface area contributed by atoms with E-state index in [2.05, 4.69) is 30.9 Å². The summed E-state index contributed by atoms with van der Waals surface area (Å²) in [5.41, 5.74) is 5.03. The molecular formula is C12H13N7. The maximum absolute atomic E-state index is 4.21. The predicted octanol–water partition coefficient (Wildman–Crippen LogP) is 1.12. The lowest BCUT2D eigenvalue weighted by Gasteiger charge is -2.21. The van der Waals surface area contributed by atoms with E-state index < -0.39 is 0 Å². The molecule has 0 spiro atoms. The van der Waals surface area contributed by atoms with Crippen molar-refractivity contribution in [2.24, 2.45) is 5.10 Å². The molecule has 1 aliphatic heterocycles. The lowest BCUT2D eigenvalue weighted by molar-refractivity contribution is 0.451. The van der Waals surface area contributed by atoms with Crippen LogP contribution in [0.5, 0.6) is 0 Å². The Bertz CT molecular complexity index is 614. The molecule has 0 aliphatic carbocycles. The van der Waals surface area contributed by atoms with Crippen LogP contribution in [0.2, 0.25) is 0 Å². The average molecular weight is 255 g/mol. The van der Waals surface area contributed by atoms with Gasteiger partial charge in [0.05, 0.1) is 6.21 Å². The van der Waals surface area contributed by atoms with Crippen molar-refractivity contribution in [3.05, 3.63) is 48.2 Å². The highest BCUT2D eigenvalue weighted by Crippen LogP contribution is 2.19. The van der Waals surface area contributed by atoms with Crippen molar-refractivity contribution in [3.8, 4) is 0 Å². The van der Waals surface area contributed by atoms with Gasteiger partial charge in [-0.1, -0.05) is 0 Å². The number of hydrogen-bond acceptors (Lipinski definition) is 6. The zero-order chi connectivity index (χ0) is 13.1. The summed E-state index contributed by atoms with van der Waals surface area (Å²) in [7, 11) is 0. The fourth-order valence-electron chi connectivity index (χ4n) is 1.80. The molecular weight excluding hydrogens is 242 g/mol. The van der Waals surface area contributed by atoms with Gasteiger partial charge in [0, 0.05) is 18.1 Å². The van der Waals surface area contributed by atoms with Crippen LogP contribution in [0.3, 0.4) is 0 Å². The number of fused-ring (bicyclic) bond motifs is 1. The topological polar surface area (TPSA) is 80.0 Å². The van der Waals surface area contributed by atoms with Gasteiger partial charge in [0.15, 0.2) is 6.17 Å².